The van der Waals surface area contributed by atoms with Gasteiger partial charge in [0.05, 0.1) is 32.7 Å². The Bertz CT molecular complexity index is 2850. The van der Waals surface area contributed by atoms with E-state index < -0.39 is 190 Å². The van der Waals surface area contributed by atoms with Crippen LogP contribution >= 0.6 is 0 Å². The van der Waals surface area contributed by atoms with Gasteiger partial charge in [0.15, 0.2) is 116 Å². The molecular formula is C34H3BF22O3. The Hall–Kier alpha value is -6.34. The lowest BCUT2D eigenvalue weighted by Crippen LogP contribution is -2.31. The van der Waals surface area contributed by atoms with Crippen LogP contribution in [0.3, 0.4) is 0 Å². The van der Waals surface area contributed by atoms with Gasteiger partial charge >= 0.3 is 7.32 Å². The fourth-order valence-electron chi connectivity index (χ4n) is 5.70. The lowest BCUT2D eigenvalue weighted by molar-refractivity contribution is 0.274. The molecule has 26 heteroatoms. The molecule has 7 aromatic carbocycles. The Morgan fingerprint density at radius 3 is 0.933 bits per heavy atom. The van der Waals surface area contributed by atoms with Gasteiger partial charge in [-0.25, -0.2) is 87.8 Å². The summed E-state index contributed by atoms with van der Waals surface area (Å²) in [6, 6.07) is 0.610. The molecule has 0 spiro atoms. The molecule has 314 valence electrons. The zero-order chi connectivity index (χ0) is 44.9. The van der Waals surface area contributed by atoms with Gasteiger partial charge in [0.2, 0.25) is 23.3 Å². The molecule has 0 aromatic heterocycles. The quantitative estimate of drug-likeness (QED) is 0.0615. The molecule has 0 atom stereocenters. The van der Waals surface area contributed by atoms with E-state index in [4.69, 9.17) is 0 Å². The van der Waals surface area contributed by atoms with Crippen molar-refractivity contribution >= 4 is 39.6 Å². The molecule has 0 radical (unpaired) electrons. The molecule has 7 aromatic rings. The number of rotatable bonds is 5. The third-order valence-corrected chi connectivity index (χ3v) is 8.29. The Morgan fingerprint density at radius 2 is 0.533 bits per heavy atom. The molecule has 7 rings (SSSR count). The van der Waals surface area contributed by atoms with E-state index in [1.54, 1.807) is 0 Å². The first kappa shape index (κ1) is 43.2. The van der Waals surface area contributed by atoms with Gasteiger partial charge in [-0.2, -0.15) is 8.78 Å². The number of hydrogen-bond donors (Lipinski definition) is 1. The Balaban J connectivity index is 0.000000233. The first-order valence-corrected chi connectivity index (χ1v) is 15.0. The SMILES string of the molecule is Fc1c(F)c(F)c(-c2c(F)c(F)c(F)c(F)c2F)c(F)c1F.OB(Oc1c(F)ccc(F)c1F)Oc1c(F)c(F)c2c(F)c(F)c3c(F)c(F)c(F)c4c(F)c(F)c1c2c34. The fraction of sp³-hybridized carbons (Fsp3) is 0. The van der Waals surface area contributed by atoms with Gasteiger partial charge in [0, 0.05) is 10.8 Å². The van der Waals surface area contributed by atoms with Crippen molar-refractivity contribution in [3.63, 3.8) is 0 Å². The number of halogens is 22. The summed E-state index contributed by atoms with van der Waals surface area (Å²) in [7, 11) is -3.15. The average molecular weight is 888 g/mol. The Kier molecular flexibility index (Phi) is 10.8. The highest BCUT2D eigenvalue weighted by Crippen LogP contribution is 2.48. The normalized spacial score (nSPS) is 11.6. The van der Waals surface area contributed by atoms with Crippen molar-refractivity contribution in [2.75, 3.05) is 0 Å². The van der Waals surface area contributed by atoms with E-state index in [1.807, 2.05) is 0 Å². The summed E-state index contributed by atoms with van der Waals surface area (Å²) < 4.78 is 313. The molecule has 0 unspecified atom stereocenters. The van der Waals surface area contributed by atoms with Gasteiger partial charge in [-0.3, -0.25) is 0 Å². The van der Waals surface area contributed by atoms with E-state index in [0.29, 0.717) is 12.1 Å². The predicted octanol–water partition coefficient (Wildman–Crippen LogP) is 11.4. The van der Waals surface area contributed by atoms with Gasteiger partial charge in [0.1, 0.15) is 0 Å². The molecule has 3 nitrogen and oxygen atoms in total. The van der Waals surface area contributed by atoms with Crippen LogP contribution in [0.5, 0.6) is 11.5 Å². The van der Waals surface area contributed by atoms with Gasteiger partial charge in [-0.1, -0.05) is 0 Å². The van der Waals surface area contributed by atoms with Crippen LogP contribution in [0.15, 0.2) is 12.1 Å². The van der Waals surface area contributed by atoms with Crippen LogP contribution < -0.4 is 9.31 Å². The molecule has 0 bridgehead atoms. The average Bonchev–Trinajstić information content (AvgIpc) is 3.21. The standard InChI is InChI=1S/C22H3BF12O3.C12F10/c24-3-1-2-4(25)21(11(3)26)37-23(36)38-22-10-6-5-7(12(27)13(28)9(6)17(32)20(22)35)15(30)19(34)16(31)8(5)14(29)18(10)33;13-3-1(4(14)8(18)11(21)7(3)17)2-5(15)9(19)12(22)10(20)6(2)16/h1-2,36H;. The second-order valence-electron chi connectivity index (χ2n) is 11.5. The van der Waals surface area contributed by atoms with Gasteiger partial charge < -0.3 is 14.3 Å². The van der Waals surface area contributed by atoms with E-state index in [-0.39, 0.29) is 0 Å². The molecular weight excluding hydrogens is 885 g/mol. The lowest BCUT2D eigenvalue weighted by Gasteiger charge is -2.20. The van der Waals surface area contributed by atoms with Crippen molar-refractivity contribution in [3.8, 4) is 22.6 Å². The summed E-state index contributed by atoms with van der Waals surface area (Å²) in [6.07, 6.45) is 0. The van der Waals surface area contributed by atoms with Crippen molar-refractivity contribution in [2.45, 2.75) is 0 Å². The van der Waals surface area contributed by atoms with Crippen LogP contribution in [-0.4, -0.2) is 12.3 Å². The predicted molar refractivity (Wildman–Crippen MR) is 157 cm³/mol. The topological polar surface area (TPSA) is 38.7 Å². The second kappa shape index (κ2) is 15.0. The van der Waals surface area contributed by atoms with Crippen LogP contribution in [0.1, 0.15) is 0 Å². The summed E-state index contributed by atoms with van der Waals surface area (Å²) in [5.41, 5.74) is -4.52. The summed E-state index contributed by atoms with van der Waals surface area (Å²) in [4.78, 5) is 0. The van der Waals surface area contributed by atoms with Crippen LogP contribution in [0.25, 0.3) is 43.4 Å². The summed E-state index contributed by atoms with van der Waals surface area (Å²) in [6.45, 7) is 0. The monoisotopic (exact) mass is 888 g/mol. The Labute approximate surface area is 313 Å². The molecule has 0 saturated carbocycles. The molecule has 0 aliphatic heterocycles. The van der Waals surface area contributed by atoms with Crippen LogP contribution in [0.2, 0.25) is 0 Å². The highest BCUT2D eigenvalue weighted by atomic mass is 19.2. The summed E-state index contributed by atoms with van der Waals surface area (Å²) >= 11 is 0. The summed E-state index contributed by atoms with van der Waals surface area (Å²) in [5.74, 6) is -57.7. The zero-order valence-electron chi connectivity index (χ0n) is 27.3. The number of benzene rings is 7. The third kappa shape index (κ3) is 6.17. The van der Waals surface area contributed by atoms with Crippen molar-refractivity contribution in [2.24, 2.45) is 0 Å². The largest absolute Gasteiger partial charge is 0.785 e. The minimum Gasteiger partial charge on any atom is -0.498 e. The Morgan fingerprint density at radius 1 is 0.267 bits per heavy atom. The van der Waals surface area contributed by atoms with Crippen molar-refractivity contribution in [1.29, 1.82) is 0 Å². The van der Waals surface area contributed by atoms with Crippen molar-refractivity contribution in [1.82, 2.24) is 0 Å². The highest BCUT2D eigenvalue weighted by Gasteiger charge is 2.38. The molecule has 0 saturated heterocycles. The maximum absolute atomic E-state index is 15.1. The highest BCUT2D eigenvalue weighted by molar-refractivity contribution is 6.37. The van der Waals surface area contributed by atoms with Gasteiger partial charge in [0.25, 0.3) is 0 Å². The molecule has 0 amide bonds. The molecule has 0 heterocycles. The van der Waals surface area contributed by atoms with Crippen LogP contribution in [0, 0.1) is 128 Å². The second-order valence-corrected chi connectivity index (χ2v) is 11.5. The fourth-order valence-corrected chi connectivity index (χ4v) is 5.70. The maximum atomic E-state index is 15.1. The maximum Gasteiger partial charge on any atom is 0.785 e. The molecule has 0 aliphatic rings. The van der Waals surface area contributed by atoms with E-state index >= 15 is 4.39 Å². The van der Waals surface area contributed by atoms with Crippen molar-refractivity contribution < 1.29 is 111 Å². The first-order chi connectivity index (χ1) is 27.9. The lowest BCUT2D eigenvalue weighted by atomic mass is 9.90. The smallest absolute Gasteiger partial charge is 0.498 e. The van der Waals surface area contributed by atoms with Crippen LogP contribution in [-0.2, 0) is 0 Å². The van der Waals surface area contributed by atoms with E-state index in [9.17, 15) is 97.2 Å². The van der Waals surface area contributed by atoms with Crippen LogP contribution in [0.4, 0.5) is 96.6 Å². The van der Waals surface area contributed by atoms with E-state index in [2.05, 4.69) is 9.31 Å². The summed E-state index contributed by atoms with van der Waals surface area (Å²) in [5, 5.41) is -0.216. The molecule has 60 heavy (non-hydrogen) atoms. The molecule has 0 aliphatic carbocycles. The molecule has 1 N–H and O–H groups in total. The first-order valence-electron chi connectivity index (χ1n) is 15.0. The van der Waals surface area contributed by atoms with E-state index in [0.717, 1.165) is 0 Å². The minimum atomic E-state index is -3.15. The minimum absolute atomic E-state index is 0.299. The third-order valence-electron chi connectivity index (χ3n) is 8.29. The zero-order valence-corrected chi connectivity index (χ0v) is 27.3. The van der Waals surface area contributed by atoms with E-state index in [1.165, 1.54) is 0 Å². The molecule has 0 fully saturated rings. The number of hydrogen-bond acceptors (Lipinski definition) is 3. The van der Waals surface area contributed by atoms with Gasteiger partial charge in [-0.15, -0.1) is 0 Å². The van der Waals surface area contributed by atoms with Gasteiger partial charge in [-0.05, 0) is 12.1 Å². The van der Waals surface area contributed by atoms with Crippen molar-refractivity contribution in [3.05, 3.63) is 140 Å².